The Hall–Kier alpha value is -4.69. The van der Waals surface area contributed by atoms with Gasteiger partial charge in [-0.3, -0.25) is 28.8 Å². The number of aliphatic carboxylic acids is 1. The second kappa shape index (κ2) is 15.5. The fourth-order valence-electron chi connectivity index (χ4n) is 4.86. The van der Waals surface area contributed by atoms with E-state index in [9.17, 15) is 33.6 Å². The minimum atomic E-state index is -1.20. The van der Waals surface area contributed by atoms with Crippen molar-refractivity contribution in [2.45, 2.75) is 70.3 Å². The molecule has 15 nitrogen and oxygen atoms in total. The molecule has 0 unspecified atom stereocenters. The van der Waals surface area contributed by atoms with Crippen molar-refractivity contribution < 1.29 is 43.4 Å². The van der Waals surface area contributed by atoms with Gasteiger partial charge in [0.1, 0.15) is 37.3 Å². The number of carbonyl (C=O) groups is 7. The Labute approximate surface area is 248 Å². The molecule has 234 valence electrons. The van der Waals surface area contributed by atoms with Gasteiger partial charge in [-0.05, 0) is 45.1 Å². The summed E-state index contributed by atoms with van der Waals surface area (Å²) in [5.41, 5.74) is 0.790. The van der Waals surface area contributed by atoms with E-state index in [1.54, 1.807) is 12.1 Å². The number of hydrogen-bond acceptors (Lipinski definition) is 8. The highest BCUT2D eigenvalue weighted by Crippen LogP contribution is 2.19. The monoisotopic (exact) mass is 602 g/mol. The Kier molecular flexibility index (Phi) is 11.8. The molecule has 2 heterocycles. The van der Waals surface area contributed by atoms with E-state index >= 15 is 0 Å². The van der Waals surface area contributed by atoms with Crippen LogP contribution in [0.2, 0.25) is 0 Å². The smallest absolute Gasteiger partial charge is 0.407 e. The second-order valence-corrected chi connectivity index (χ2v) is 10.4. The third-order valence-electron chi connectivity index (χ3n) is 7.24. The molecule has 0 aliphatic carbocycles. The fraction of sp³-hybridized carbons (Fsp3) is 0.536. The lowest BCUT2D eigenvalue weighted by Gasteiger charge is -2.26. The van der Waals surface area contributed by atoms with Gasteiger partial charge in [0.25, 0.3) is 0 Å². The first-order valence-corrected chi connectivity index (χ1v) is 14.1. The normalized spacial score (nSPS) is 19.1. The number of nitrogens with zero attached hydrogens (tertiary/aromatic N) is 2. The lowest BCUT2D eigenvalue weighted by Crippen LogP contribution is -2.55. The van der Waals surface area contributed by atoms with Crippen LogP contribution in [0.25, 0.3) is 0 Å². The Morgan fingerprint density at radius 1 is 0.814 bits per heavy atom. The molecule has 0 spiro atoms. The highest BCUT2D eigenvalue weighted by molar-refractivity contribution is 5.95. The third kappa shape index (κ3) is 9.41. The fourth-order valence-corrected chi connectivity index (χ4v) is 4.86. The molecule has 1 aromatic rings. The Bertz CT molecular complexity index is 1210. The molecule has 1 aromatic carbocycles. The summed E-state index contributed by atoms with van der Waals surface area (Å²) in [4.78, 5) is 89.1. The van der Waals surface area contributed by atoms with Crippen LogP contribution < -0.4 is 21.3 Å². The van der Waals surface area contributed by atoms with Gasteiger partial charge in [-0.15, -0.1) is 0 Å². The second-order valence-electron chi connectivity index (χ2n) is 10.4. The summed E-state index contributed by atoms with van der Waals surface area (Å²) < 4.78 is 5.10. The van der Waals surface area contributed by atoms with Crippen LogP contribution in [0.1, 0.15) is 45.1 Å². The zero-order valence-electron chi connectivity index (χ0n) is 24.2. The standard InChI is InChI=1S/C28H38N6O9/c1-17(24(37)29-14-22(35)33-12-7-11-21(33)26(39)32-18(2)27(40)41)31-25(38)20-10-6-13-34(20)23(36)15-30-28(42)43-16-19-8-4-3-5-9-19/h3-5,8-9,17-18,20-21H,6-7,10-16H2,1-2H3,(H,29,37)(H,30,42)(H,31,38)(H,32,39)(H,40,41)/t17-,18-,20-,21-/m0/s1. The van der Waals surface area contributed by atoms with Gasteiger partial charge < -0.3 is 40.9 Å². The molecule has 2 fully saturated rings. The van der Waals surface area contributed by atoms with Crippen molar-refractivity contribution in [2.75, 3.05) is 26.2 Å². The molecule has 2 saturated heterocycles. The summed E-state index contributed by atoms with van der Waals surface area (Å²) >= 11 is 0. The van der Waals surface area contributed by atoms with Gasteiger partial charge in [0.15, 0.2) is 0 Å². The SMILES string of the molecule is C[C@H](NC(=O)[C@@H]1CCCN1C(=O)CNC(=O)[C@H](C)NC(=O)[C@@H]1CCCN1C(=O)CNC(=O)OCc1ccccc1)C(=O)O. The van der Waals surface area contributed by atoms with Crippen molar-refractivity contribution in [3.63, 3.8) is 0 Å². The largest absolute Gasteiger partial charge is 0.480 e. The van der Waals surface area contributed by atoms with E-state index in [4.69, 9.17) is 9.84 Å². The molecule has 0 saturated carbocycles. The number of alkyl carbamates (subject to hydrolysis) is 1. The first kappa shape index (κ1) is 32.8. The van der Waals surface area contributed by atoms with Crippen molar-refractivity contribution in [2.24, 2.45) is 0 Å². The highest BCUT2D eigenvalue weighted by Gasteiger charge is 2.37. The molecule has 0 radical (unpaired) electrons. The van der Waals surface area contributed by atoms with E-state index in [1.165, 1.54) is 23.6 Å². The molecular formula is C28H38N6O9. The van der Waals surface area contributed by atoms with Gasteiger partial charge in [0.2, 0.25) is 29.5 Å². The van der Waals surface area contributed by atoms with Crippen LogP contribution in [-0.4, -0.2) is 107 Å². The van der Waals surface area contributed by atoms with E-state index in [0.717, 1.165) is 5.56 Å². The molecule has 43 heavy (non-hydrogen) atoms. The number of benzene rings is 1. The van der Waals surface area contributed by atoms with Crippen molar-refractivity contribution in [1.82, 2.24) is 31.1 Å². The molecule has 4 atom stereocenters. The van der Waals surface area contributed by atoms with Gasteiger partial charge >= 0.3 is 12.1 Å². The van der Waals surface area contributed by atoms with Crippen molar-refractivity contribution in [3.8, 4) is 0 Å². The lowest BCUT2D eigenvalue weighted by molar-refractivity contribution is -0.143. The van der Waals surface area contributed by atoms with E-state index in [0.29, 0.717) is 32.2 Å². The van der Waals surface area contributed by atoms with Crippen LogP contribution in [0.15, 0.2) is 30.3 Å². The minimum Gasteiger partial charge on any atom is -0.480 e. The number of rotatable bonds is 12. The van der Waals surface area contributed by atoms with E-state index in [1.807, 2.05) is 18.2 Å². The number of hydrogen-bond donors (Lipinski definition) is 5. The molecule has 15 heteroatoms. The zero-order chi connectivity index (χ0) is 31.5. The first-order valence-electron chi connectivity index (χ1n) is 14.1. The Morgan fingerprint density at radius 3 is 1.86 bits per heavy atom. The van der Waals surface area contributed by atoms with Crippen molar-refractivity contribution in [1.29, 1.82) is 0 Å². The minimum absolute atomic E-state index is 0.0428. The molecule has 0 bridgehead atoms. The summed E-state index contributed by atoms with van der Waals surface area (Å²) in [6.07, 6.45) is 1.08. The van der Waals surface area contributed by atoms with E-state index in [-0.39, 0.29) is 19.7 Å². The van der Waals surface area contributed by atoms with E-state index in [2.05, 4.69) is 21.3 Å². The van der Waals surface area contributed by atoms with Crippen LogP contribution in [-0.2, 0) is 40.1 Å². The van der Waals surface area contributed by atoms with Crippen LogP contribution in [0.3, 0.4) is 0 Å². The van der Waals surface area contributed by atoms with Gasteiger partial charge in [-0.25, -0.2) is 4.79 Å². The quantitative estimate of drug-likeness (QED) is 0.201. The first-order chi connectivity index (χ1) is 20.5. The number of carboxylic acids is 1. The number of likely N-dealkylation sites (tertiary alicyclic amines) is 2. The number of carboxylic acid groups (broad SMARTS) is 1. The average Bonchev–Trinajstić information content (AvgIpc) is 3.68. The van der Waals surface area contributed by atoms with Crippen molar-refractivity contribution >= 4 is 41.6 Å². The average molecular weight is 603 g/mol. The molecule has 6 amide bonds. The maximum Gasteiger partial charge on any atom is 0.407 e. The van der Waals surface area contributed by atoms with Gasteiger partial charge in [-0.1, -0.05) is 30.3 Å². The maximum atomic E-state index is 12.9. The predicted molar refractivity (Wildman–Crippen MR) is 150 cm³/mol. The van der Waals surface area contributed by atoms with E-state index < -0.39 is 72.3 Å². The Balaban J connectivity index is 1.42. The lowest BCUT2D eigenvalue weighted by atomic mass is 10.2. The highest BCUT2D eigenvalue weighted by atomic mass is 16.5. The number of ether oxygens (including phenoxy) is 1. The number of carbonyl (C=O) groups excluding carboxylic acids is 6. The summed E-state index contributed by atoms with van der Waals surface area (Å²) in [6.45, 7) is 2.61. The van der Waals surface area contributed by atoms with Gasteiger partial charge in [0.05, 0.1) is 6.54 Å². The molecule has 5 N–H and O–H groups in total. The predicted octanol–water partition coefficient (Wildman–Crippen LogP) is -0.895. The van der Waals surface area contributed by atoms with Gasteiger partial charge in [0, 0.05) is 13.1 Å². The molecular weight excluding hydrogens is 564 g/mol. The molecule has 2 aliphatic rings. The summed E-state index contributed by atoms with van der Waals surface area (Å²) in [6, 6.07) is 5.23. The molecule has 0 aromatic heterocycles. The molecule has 2 aliphatic heterocycles. The maximum absolute atomic E-state index is 12.9. The van der Waals surface area contributed by atoms with Crippen LogP contribution in [0, 0.1) is 0 Å². The molecule has 3 rings (SSSR count). The summed E-state index contributed by atoms with van der Waals surface area (Å²) in [5, 5.41) is 18.8. The van der Waals surface area contributed by atoms with Gasteiger partial charge in [-0.2, -0.15) is 0 Å². The summed E-state index contributed by atoms with van der Waals surface area (Å²) in [7, 11) is 0. The van der Waals surface area contributed by atoms with Crippen LogP contribution in [0.4, 0.5) is 4.79 Å². The zero-order valence-corrected chi connectivity index (χ0v) is 24.2. The topological polar surface area (TPSA) is 204 Å². The van der Waals surface area contributed by atoms with Crippen LogP contribution >= 0.6 is 0 Å². The third-order valence-corrected chi connectivity index (χ3v) is 7.24. The summed E-state index contributed by atoms with van der Waals surface area (Å²) in [5.74, 6) is -3.96. The number of amides is 6. The van der Waals surface area contributed by atoms with Crippen LogP contribution in [0.5, 0.6) is 0 Å². The number of nitrogens with one attached hydrogen (secondary N) is 4. The Morgan fingerprint density at radius 2 is 1.33 bits per heavy atom. The van der Waals surface area contributed by atoms with Crippen molar-refractivity contribution in [3.05, 3.63) is 35.9 Å².